The molecule has 0 saturated heterocycles. The van der Waals surface area contributed by atoms with E-state index in [1.54, 1.807) is 6.20 Å². The fourth-order valence-electron chi connectivity index (χ4n) is 3.14. The van der Waals surface area contributed by atoms with Crippen LogP contribution in [0.25, 0.3) is 0 Å². The zero-order valence-electron chi connectivity index (χ0n) is 13.8. The molecule has 4 nitrogen and oxygen atoms in total. The Labute approximate surface area is 151 Å². The molecule has 0 N–H and O–H groups in total. The van der Waals surface area contributed by atoms with Gasteiger partial charge in [0, 0.05) is 31.2 Å². The van der Waals surface area contributed by atoms with Gasteiger partial charge in [0.2, 0.25) is 5.91 Å². The first-order valence-electron chi connectivity index (χ1n) is 8.37. The first-order valence-corrected chi connectivity index (χ1v) is 9.36. The lowest BCUT2D eigenvalue weighted by molar-refractivity contribution is -0.116. The van der Waals surface area contributed by atoms with Crippen LogP contribution in [0.5, 0.6) is 0 Å². The Kier molecular flexibility index (Phi) is 4.57. The molecule has 1 aliphatic rings. The van der Waals surface area contributed by atoms with E-state index in [1.807, 2.05) is 47.5 Å². The number of para-hydroxylation sites is 1. The molecule has 1 aromatic heterocycles. The van der Waals surface area contributed by atoms with E-state index in [-0.39, 0.29) is 5.91 Å². The molecule has 1 amide bonds. The molecule has 5 heteroatoms. The number of amides is 1. The van der Waals surface area contributed by atoms with Gasteiger partial charge in [0.25, 0.3) is 0 Å². The van der Waals surface area contributed by atoms with Gasteiger partial charge >= 0.3 is 0 Å². The van der Waals surface area contributed by atoms with E-state index in [0.717, 1.165) is 30.4 Å². The van der Waals surface area contributed by atoms with Crippen molar-refractivity contribution in [3.05, 3.63) is 78.1 Å². The van der Waals surface area contributed by atoms with Crippen molar-refractivity contribution in [2.45, 2.75) is 18.1 Å². The normalized spacial score (nSPS) is 13.0. The van der Waals surface area contributed by atoms with Crippen molar-refractivity contribution in [2.75, 3.05) is 17.2 Å². The summed E-state index contributed by atoms with van der Waals surface area (Å²) in [5.74, 6) is 0.546. The largest absolute Gasteiger partial charge is 0.322 e. The summed E-state index contributed by atoms with van der Waals surface area (Å²) in [6, 6.07) is 18.4. The van der Waals surface area contributed by atoms with Crippen molar-refractivity contribution in [3.63, 3.8) is 0 Å². The molecule has 0 unspecified atom stereocenters. The molecule has 0 spiro atoms. The van der Waals surface area contributed by atoms with E-state index in [1.165, 1.54) is 22.9 Å². The van der Waals surface area contributed by atoms with Gasteiger partial charge in [0.05, 0.1) is 5.75 Å². The van der Waals surface area contributed by atoms with E-state index in [4.69, 9.17) is 0 Å². The minimum Gasteiger partial charge on any atom is -0.322 e. The number of fused-ring (bicyclic) bond motifs is 1. The Bertz CT molecular complexity index is 875. The van der Waals surface area contributed by atoms with Gasteiger partial charge in [-0.2, -0.15) is 0 Å². The second-order valence-corrected chi connectivity index (χ2v) is 6.98. The van der Waals surface area contributed by atoms with E-state index in [9.17, 15) is 4.79 Å². The highest BCUT2D eigenvalue weighted by Crippen LogP contribution is 2.28. The summed E-state index contributed by atoms with van der Waals surface area (Å²) in [6.07, 6.45) is 4.70. The first-order chi connectivity index (χ1) is 12.3. The summed E-state index contributed by atoms with van der Waals surface area (Å²) in [6.45, 7) is 1.54. The number of hydrogen-bond acceptors (Lipinski definition) is 3. The summed E-state index contributed by atoms with van der Waals surface area (Å²) >= 11 is 1.50. The Hall–Kier alpha value is -2.53. The van der Waals surface area contributed by atoms with Gasteiger partial charge in [0.15, 0.2) is 5.16 Å². The van der Waals surface area contributed by atoms with Crippen LogP contribution in [0.2, 0.25) is 0 Å². The van der Waals surface area contributed by atoms with Gasteiger partial charge in [-0.3, -0.25) is 4.79 Å². The number of carbonyl (C=O) groups is 1. The molecule has 126 valence electrons. The van der Waals surface area contributed by atoms with E-state index < -0.39 is 0 Å². The van der Waals surface area contributed by atoms with Gasteiger partial charge in [-0.15, -0.1) is 0 Å². The maximum atomic E-state index is 12.6. The van der Waals surface area contributed by atoms with E-state index in [2.05, 4.69) is 27.8 Å². The number of benzene rings is 2. The second kappa shape index (κ2) is 7.15. The van der Waals surface area contributed by atoms with E-state index >= 15 is 0 Å². The minimum atomic E-state index is 0.143. The summed E-state index contributed by atoms with van der Waals surface area (Å²) in [4.78, 5) is 18.9. The van der Waals surface area contributed by atoms with Crippen molar-refractivity contribution in [2.24, 2.45) is 0 Å². The summed E-state index contributed by atoms with van der Waals surface area (Å²) in [7, 11) is 0. The van der Waals surface area contributed by atoms with Crippen molar-refractivity contribution in [1.82, 2.24) is 9.55 Å². The SMILES string of the molecule is O=C(CSc1nccn1Cc1ccccc1)N1CCc2ccccc21. The van der Waals surface area contributed by atoms with Gasteiger partial charge < -0.3 is 9.47 Å². The van der Waals surface area contributed by atoms with Crippen molar-refractivity contribution in [3.8, 4) is 0 Å². The highest BCUT2D eigenvalue weighted by molar-refractivity contribution is 7.99. The molecular formula is C20H19N3OS. The second-order valence-electron chi connectivity index (χ2n) is 6.04. The maximum absolute atomic E-state index is 12.6. The fourth-order valence-corrected chi connectivity index (χ4v) is 3.97. The summed E-state index contributed by atoms with van der Waals surface area (Å²) in [5.41, 5.74) is 3.54. The molecule has 0 atom stereocenters. The predicted molar refractivity (Wildman–Crippen MR) is 101 cm³/mol. The number of carbonyl (C=O) groups excluding carboxylic acids is 1. The molecule has 3 aromatic rings. The Morgan fingerprint density at radius 3 is 2.76 bits per heavy atom. The van der Waals surface area contributed by atoms with Crippen LogP contribution in [0, 0.1) is 0 Å². The van der Waals surface area contributed by atoms with Crippen LogP contribution in [0.4, 0.5) is 5.69 Å². The molecule has 25 heavy (non-hydrogen) atoms. The van der Waals surface area contributed by atoms with Crippen LogP contribution >= 0.6 is 11.8 Å². The molecule has 0 aliphatic carbocycles. The van der Waals surface area contributed by atoms with Crippen LogP contribution in [0.3, 0.4) is 0 Å². The molecule has 4 rings (SSSR count). The zero-order chi connectivity index (χ0) is 17.1. The highest BCUT2D eigenvalue weighted by atomic mass is 32.2. The predicted octanol–water partition coefficient (Wildman–Crippen LogP) is 3.61. The summed E-state index contributed by atoms with van der Waals surface area (Å²) < 4.78 is 2.09. The van der Waals surface area contributed by atoms with E-state index in [0.29, 0.717) is 5.75 Å². The molecule has 0 radical (unpaired) electrons. The third-order valence-electron chi connectivity index (χ3n) is 4.39. The lowest BCUT2D eigenvalue weighted by Gasteiger charge is -2.17. The number of hydrogen-bond donors (Lipinski definition) is 0. The molecule has 1 aliphatic heterocycles. The molecule has 0 bridgehead atoms. The third-order valence-corrected chi connectivity index (χ3v) is 5.38. The minimum absolute atomic E-state index is 0.143. The zero-order valence-corrected chi connectivity index (χ0v) is 14.7. The van der Waals surface area contributed by atoms with Crippen LogP contribution in [-0.2, 0) is 17.8 Å². The topological polar surface area (TPSA) is 38.1 Å². The average molecular weight is 349 g/mol. The molecule has 2 heterocycles. The van der Waals surface area contributed by atoms with Crippen LogP contribution < -0.4 is 4.90 Å². The molecule has 0 fully saturated rings. The lowest BCUT2D eigenvalue weighted by atomic mass is 10.2. The number of aromatic nitrogens is 2. The number of thioether (sulfide) groups is 1. The molecular weight excluding hydrogens is 330 g/mol. The monoisotopic (exact) mass is 349 g/mol. The number of anilines is 1. The number of imidazole rings is 1. The first kappa shape index (κ1) is 16.0. The van der Waals surface area contributed by atoms with Crippen molar-refractivity contribution < 1.29 is 4.79 Å². The fraction of sp³-hybridized carbons (Fsp3) is 0.200. The van der Waals surface area contributed by atoms with Crippen molar-refractivity contribution >= 4 is 23.4 Å². The van der Waals surface area contributed by atoms with Gasteiger partial charge in [-0.1, -0.05) is 60.3 Å². The third kappa shape index (κ3) is 3.46. The van der Waals surface area contributed by atoms with Crippen molar-refractivity contribution in [1.29, 1.82) is 0 Å². The highest BCUT2D eigenvalue weighted by Gasteiger charge is 2.24. The van der Waals surface area contributed by atoms with Gasteiger partial charge in [0.1, 0.15) is 0 Å². The lowest BCUT2D eigenvalue weighted by Crippen LogP contribution is -2.30. The average Bonchev–Trinajstić information content (AvgIpc) is 3.27. The maximum Gasteiger partial charge on any atom is 0.237 e. The molecule has 0 saturated carbocycles. The number of nitrogens with zero attached hydrogens (tertiary/aromatic N) is 3. The van der Waals surface area contributed by atoms with Crippen LogP contribution in [0.1, 0.15) is 11.1 Å². The van der Waals surface area contributed by atoms with Crippen LogP contribution in [-0.4, -0.2) is 27.8 Å². The molecule has 2 aromatic carbocycles. The number of rotatable bonds is 5. The van der Waals surface area contributed by atoms with Gasteiger partial charge in [-0.05, 0) is 23.6 Å². The van der Waals surface area contributed by atoms with Gasteiger partial charge in [-0.25, -0.2) is 4.98 Å². The Morgan fingerprint density at radius 1 is 1.08 bits per heavy atom. The quantitative estimate of drug-likeness (QED) is 0.661. The summed E-state index contributed by atoms with van der Waals surface area (Å²) in [5, 5.41) is 0.879. The van der Waals surface area contributed by atoms with Crippen LogP contribution in [0.15, 0.2) is 72.1 Å². The Morgan fingerprint density at radius 2 is 1.88 bits per heavy atom. The Balaban J connectivity index is 1.41. The standard InChI is InChI=1S/C20H19N3OS/c24-19(23-12-10-17-8-4-5-9-18(17)23)15-25-20-21-11-13-22(20)14-16-6-2-1-3-7-16/h1-9,11,13H,10,12,14-15H2. The smallest absolute Gasteiger partial charge is 0.237 e.